The summed E-state index contributed by atoms with van der Waals surface area (Å²) in [7, 11) is 4.54. The second-order valence-corrected chi connectivity index (χ2v) is 5.18. The van der Waals surface area contributed by atoms with Gasteiger partial charge in [-0.05, 0) is 28.8 Å². The van der Waals surface area contributed by atoms with Crippen molar-refractivity contribution in [1.29, 1.82) is 0 Å². The number of carboxylic acid groups (broad SMARTS) is 1. The van der Waals surface area contributed by atoms with Crippen LogP contribution in [0.1, 0.15) is 18.4 Å². The smallest absolute Gasteiger partial charge is 0.314 e. The number of hydrogen-bond acceptors (Lipinski definition) is 4. The van der Waals surface area contributed by atoms with Gasteiger partial charge in [-0.15, -0.1) is 0 Å². The van der Waals surface area contributed by atoms with Crippen LogP contribution in [0.4, 0.5) is 0 Å². The van der Waals surface area contributed by atoms with E-state index in [1.807, 2.05) is 0 Å². The fourth-order valence-corrected chi connectivity index (χ4v) is 3.16. The quantitative estimate of drug-likeness (QED) is 0.898. The van der Waals surface area contributed by atoms with E-state index in [1.54, 1.807) is 6.07 Å². The Morgan fingerprint density at radius 2 is 1.79 bits per heavy atom. The van der Waals surface area contributed by atoms with Gasteiger partial charge in [-0.25, -0.2) is 0 Å². The fraction of sp³-hybridized carbons (Fsp3) is 0.462. The zero-order chi connectivity index (χ0) is 14.2. The van der Waals surface area contributed by atoms with Gasteiger partial charge in [0, 0.05) is 11.6 Å². The van der Waals surface area contributed by atoms with E-state index in [-0.39, 0.29) is 0 Å². The van der Waals surface area contributed by atoms with Crippen LogP contribution < -0.4 is 14.2 Å². The maximum absolute atomic E-state index is 11.5. The highest BCUT2D eigenvalue weighted by Crippen LogP contribution is 2.57. The van der Waals surface area contributed by atoms with E-state index in [1.165, 1.54) is 21.3 Å². The zero-order valence-corrected chi connectivity index (χ0v) is 12.5. The summed E-state index contributed by atoms with van der Waals surface area (Å²) in [6, 6.07) is 1.65. The fourth-order valence-electron chi connectivity index (χ4n) is 2.23. The van der Waals surface area contributed by atoms with Gasteiger partial charge in [0.25, 0.3) is 0 Å². The molecule has 0 bridgehead atoms. The normalized spacial score (nSPS) is 15.8. The summed E-state index contributed by atoms with van der Waals surface area (Å²) in [5.41, 5.74) is -0.274. The first-order valence-electron chi connectivity index (χ1n) is 5.74. The van der Waals surface area contributed by atoms with Gasteiger partial charge in [-0.2, -0.15) is 0 Å². The molecule has 1 aliphatic rings. The Bertz CT molecular complexity index is 522. The maximum atomic E-state index is 11.5. The molecule has 0 spiro atoms. The monoisotopic (exact) mass is 330 g/mol. The van der Waals surface area contributed by atoms with Crippen molar-refractivity contribution in [2.24, 2.45) is 0 Å². The lowest BCUT2D eigenvalue weighted by molar-refractivity contribution is -0.140. The third-order valence-electron chi connectivity index (χ3n) is 3.43. The molecule has 0 saturated heterocycles. The second kappa shape index (κ2) is 4.92. The van der Waals surface area contributed by atoms with E-state index in [0.29, 0.717) is 40.1 Å². The SMILES string of the molecule is COc1cc(OC)c(C2(C(=O)O)CC2)c(Br)c1OC. The Labute approximate surface area is 119 Å². The number of ether oxygens (including phenoxy) is 3. The minimum atomic E-state index is -0.885. The summed E-state index contributed by atoms with van der Waals surface area (Å²) >= 11 is 3.42. The zero-order valence-electron chi connectivity index (χ0n) is 10.9. The van der Waals surface area contributed by atoms with Crippen LogP contribution in [0.25, 0.3) is 0 Å². The largest absolute Gasteiger partial charge is 0.496 e. The van der Waals surface area contributed by atoms with Crippen LogP contribution >= 0.6 is 15.9 Å². The Balaban J connectivity index is 2.69. The van der Waals surface area contributed by atoms with Crippen LogP contribution in [0.3, 0.4) is 0 Å². The van der Waals surface area contributed by atoms with Crippen LogP contribution in [-0.2, 0) is 10.2 Å². The summed E-state index contributed by atoms with van der Waals surface area (Å²) in [5, 5.41) is 9.44. The number of carbonyl (C=O) groups is 1. The predicted molar refractivity (Wildman–Crippen MR) is 72.3 cm³/mol. The number of hydrogen-bond donors (Lipinski definition) is 1. The van der Waals surface area contributed by atoms with Crippen LogP contribution in [-0.4, -0.2) is 32.4 Å². The highest BCUT2D eigenvalue weighted by atomic mass is 79.9. The van der Waals surface area contributed by atoms with Crippen LogP contribution in [0.5, 0.6) is 17.2 Å². The Kier molecular flexibility index (Phi) is 3.62. The molecule has 1 fully saturated rings. The van der Waals surface area contributed by atoms with Crippen molar-refractivity contribution in [3.8, 4) is 17.2 Å². The molecule has 6 heteroatoms. The first-order chi connectivity index (χ1) is 9.01. The molecule has 1 aromatic carbocycles. The first-order valence-corrected chi connectivity index (χ1v) is 6.53. The molecule has 1 N–H and O–H groups in total. The molecule has 0 atom stereocenters. The molecule has 0 amide bonds. The van der Waals surface area contributed by atoms with Crippen molar-refractivity contribution in [3.63, 3.8) is 0 Å². The van der Waals surface area contributed by atoms with Crippen molar-refractivity contribution in [2.75, 3.05) is 21.3 Å². The van der Waals surface area contributed by atoms with Crippen molar-refractivity contribution in [1.82, 2.24) is 0 Å². The highest BCUT2D eigenvalue weighted by molar-refractivity contribution is 9.10. The minimum absolute atomic E-state index is 0.478. The lowest BCUT2D eigenvalue weighted by Gasteiger charge is -2.20. The summed E-state index contributed by atoms with van der Waals surface area (Å²) in [6.07, 6.45) is 1.18. The van der Waals surface area contributed by atoms with Crippen LogP contribution in [0.15, 0.2) is 10.5 Å². The summed E-state index contributed by atoms with van der Waals surface area (Å²) < 4.78 is 16.4. The Morgan fingerprint density at radius 3 is 2.16 bits per heavy atom. The number of halogens is 1. The molecule has 1 saturated carbocycles. The Morgan fingerprint density at radius 1 is 1.21 bits per heavy atom. The van der Waals surface area contributed by atoms with E-state index in [0.717, 1.165) is 0 Å². The molecule has 19 heavy (non-hydrogen) atoms. The molecule has 1 aliphatic carbocycles. The molecule has 1 aromatic rings. The van der Waals surface area contributed by atoms with E-state index in [9.17, 15) is 9.90 Å². The van der Waals surface area contributed by atoms with Crippen LogP contribution in [0, 0.1) is 0 Å². The molecular formula is C13H15BrO5. The minimum Gasteiger partial charge on any atom is -0.496 e. The Hall–Kier alpha value is -1.43. The third kappa shape index (κ3) is 2.04. The number of rotatable bonds is 5. The van der Waals surface area contributed by atoms with Gasteiger partial charge in [0.2, 0.25) is 0 Å². The van der Waals surface area contributed by atoms with E-state index in [4.69, 9.17) is 14.2 Å². The van der Waals surface area contributed by atoms with Crippen molar-refractivity contribution < 1.29 is 24.1 Å². The lowest BCUT2D eigenvalue weighted by Crippen LogP contribution is -2.21. The maximum Gasteiger partial charge on any atom is 0.314 e. The molecule has 0 radical (unpaired) electrons. The molecule has 2 rings (SSSR count). The topological polar surface area (TPSA) is 65.0 Å². The van der Waals surface area contributed by atoms with Gasteiger partial charge in [0.1, 0.15) is 5.75 Å². The average molecular weight is 331 g/mol. The van der Waals surface area contributed by atoms with Crippen molar-refractivity contribution >= 4 is 21.9 Å². The van der Waals surface area contributed by atoms with E-state index >= 15 is 0 Å². The van der Waals surface area contributed by atoms with Gasteiger partial charge in [0.05, 0.1) is 31.2 Å². The first kappa shape index (κ1) is 14.0. The number of carboxylic acids is 1. The molecule has 0 aromatic heterocycles. The number of methoxy groups -OCH3 is 3. The molecule has 0 heterocycles. The molecular weight excluding hydrogens is 316 g/mol. The molecule has 5 nitrogen and oxygen atoms in total. The van der Waals surface area contributed by atoms with Crippen LogP contribution in [0.2, 0.25) is 0 Å². The van der Waals surface area contributed by atoms with Crippen molar-refractivity contribution in [3.05, 3.63) is 16.1 Å². The third-order valence-corrected chi connectivity index (χ3v) is 4.19. The van der Waals surface area contributed by atoms with E-state index < -0.39 is 11.4 Å². The number of benzene rings is 1. The molecule has 104 valence electrons. The molecule has 0 unspecified atom stereocenters. The summed E-state index contributed by atoms with van der Waals surface area (Å²) in [5.74, 6) is 0.616. The predicted octanol–water partition coefficient (Wildman–Crippen LogP) is 2.59. The summed E-state index contributed by atoms with van der Waals surface area (Å²) in [6.45, 7) is 0. The second-order valence-electron chi connectivity index (χ2n) is 4.39. The van der Waals surface area contributed by atoms with Gasteiger partial charge in [0.15, 0.2) is 11.5 Å². The average Bonchev–Trinajstić information content (AvgIpc) is 3.18. The van der Waals surface area contributed by atoms with Gasteiger partial charge < -0.3 is 19.3 Å². The summed E-state index contributed by atoms with van der Waals surface area (Å²) in [4.78, 5) is 11.5. The van der Waals surface area contributed by atoms with Gasteiger partial charge in [-0.1, -0.05) is 0 Å². The number of aliphatic carboxylic acids is 1. The van der Waals surface area contributed by atoms with Gasteiger partial charge in [-0.3, -0.25) is 4.79 Å². The molecule has 0 aliphatic heterocycles. The van der Waals surface area contributed by atoms with E-state index in [2.05, 4.69) is 15.9 Å². The highest BCUT2D eigenvalue weighted by Gasteiger charge is 2.55. The lowest BCUT2D eigenvalue weighted by atomic mass is 9.94. The van der Waals surface area contributed by atoms with Gasteiger partial charge >= 0.3 is 5.97 Å². The standard InChI is InChI=1S/C13H15BrO5/c1-17-7-6-8(18-2)11(19-3)10(14)9(7)13(4-5-13)12(15)16/h6H,4-5H2,1-3H3,(H,15,16). The van der Waals surface area contributed by atoms with Crippen molar-refractivity contribution in [2.45, 2.75) is 18.3 Å².